The molecule has 0 atom stereocenters. The summed E-state index contributed by atoms with van der Waals surface area (Å²) in [6, 6.07) is 25.5. The van der Waals surface area contributed by atoms with Gasteiger partial charge in [0, 0.05) is 5.39 Å². The highest BCUT2D eigenvalue weighted by molar-refractivity contribution is 5.99. The third-order valence-corrected chi connectivity index (χ3v) is 5.28. The molecule has 0 unspecified atom stereocenters. The zero-order chi connectivity index (χ0) is 18.5. The second kappa shape index (κ2) is 5.88. The third-order valence-electron chi connectivity index (χ3n) is 5.28. The Bertz CT molecular complexity index is 1170. The molecule has 1 aliphatic rings. The van der Waals surface area contributed by atoms with Gasteiger partial charge in [-0.25, -0.2) is 0 Å². The highest BCUT2D eigenvalue weighted by Crippen LogP contribution is 2.53. The van der Waals surface area contributed by atoms with Crippen molar-refractivity contribution in [3.05, 3.63) is 89.5 Å². The first kappa shape index (κ1) is 16.0. The molecule has 0 saturated heterocycles. The van der Waals surface area contributed by atoms with Crippen LogP contribution in [0.1, 0.15) is 16.7 Å². The Hall–Kier alpha value is -3.26. The summed E-state index contributed by atoms with van der Waals surface area (Å²) in [4.78, 5) is 2.35. The fourth-order valence-corrected chi connectivity index (χ4v) is 4.25. The lowest BCUT2D eigenvalue weighted by Crippen LogP contribution is -2.18. The molecule has 1 heterocycles. The highest BCUT2D eigenvalue weighted by atomic mass is 16.5. The topological polar surface area (TPSA) is 12.5 Å². The van der Waals surface area contributed by atoms with E-state index in [4.69, 9.17) is 4.74 Å². The van der Waals surface area contributed by atoms with Gasteiger partial charge >= 0.3 is 0 Å². The Morgan fingerprint density at radius 2 is 1.41 bits per heavy atom. The summed E-state index contributed by atoms with van der Waals surface area (Å²) >= 11 is 0. The summed E-state index contributed by atoms with van der Waals surface area (Å²) in [5.74, 6) is 1.81. The zero-order valence-corrected chi connectivity index (χ0v) is 15.8. The predicted molar refractivity (Wildman–Crippen MR) is 113 cm³/mol. The van der Waals surface area contributed by atoms with E-state index in [0.29, 0.717) is 0 Å². The van der Waals surface area contributed by atoms with Gasteiger partial charge in [-0.05, 0) is 55.5 Å². The normalized spacial score (nSPS) is 12.5. The fraction of sp³-hybridized carbons (Fsp3) is 0.120. The van der Waals surface area contributed by atoms with E-state index in [1.54, 1.807) is 0 Å². The summed E-state index contributed by atoms with van der Waals surface area (Å²) in [7, 11) is 0. The predicted octanol–water partition coefficient (Wildman–Crippen LogP) is 7.34. The standard InChI is InChI=1S/C25H21NO/c1-16-14-17(2)24(18(3)15-16)26-21-10-6-7-11-23(21)27-25-20-9-5-4-8-19(20)12-13-22(25)26/h4-15H,1-3H3. The Kier molecular flexibility index (Phi) is 3.48. The van der Waals surface area contributed by atoms with Crippen molar-refractivity contribution in [1.82, 2.24) is 0 Å². The fourth-order valence-electron chi connectivity index (χ4n) is 4.25. The van der Waals surface area contributed by atoms with Gasteiger partial charge in [-0.2, -0.15) is 0 Å². The number of para-hydroxylation sites is 2. The molecule has 0 N–H and O–H groups in total. The molecule has 0 aliphatic carbocycles. The van der Waals surface area contributed by atoms with Crippen molar-refractivity contribution in [1.29, 1.82) is 0 Å². The van der Waals surface area contributed by atoms with Gasteiger partial charge in [0.2, 0.25) is 0 Å². The Labute approximate surface area is 159 Å². The molecule has 4 aromatic carbocycles. The van der Waals surface area contributed by atoms with Crippen molar-refractivity contribution in [2.45, 2.75) is 20.8 Å². The number of hydrogen-bond acceptors (Lipinski definition) is 2. The highest BCUT2D eigenvalue weighted by Gasteiger charge is 2.28. The van der Waals surface area contributed by atoms with E-state index in [0.717, 1.165) is 28.3 Å². The van der Waals surface area contributed by atoms with Gasteiger partial charge in [-0.15, -0.1) is 0 Å². The minimum atomic E-state index is 0.890. The molecule has 0 bridgehead atoms. The van der Waals surface area contributed by atoms with Crippen molar-refractivity contribution in [3.8, 4) is 11.5 Å². The quantitative estimate of drug-likeness (QED) is 0.313. The van der Waals surface area contributed by atoms with Crippen molar-refractivity contribution < 1.29 is 4.74 Å². The summed E-state index contributed by atoms with van der Waals surface area (Å²) in [5.41, 5.74) is 7.21. The van der Waals surface area contributed by atoms with Crippen molar-refractivity contribution in [2.75, 3.05) is 4.90 Å². The van der Waals surface area contributed by atoms with Crippen LogP contribution in [0.25, 0.3) is 10.8 Å². The maximum Gasteiger partial charge on any atom is 0.159 e. The number of benzene rings is 4. The van der Waals surface area contributed by atoms with E-state index < -0.39 is 0 Å². The first-order valence-electron chi connectivity index (χ1n) is 9.30. The van der Waals surface area contributed by atoms with E-state index in [2.05, 4.69) is 86.3 Å². The molecule has 132 valence electrons. The molecule has 0 fully saturated rings. The van der Waals surface area contributed by atoms with Crippen LogP contribution in [-0.4, -0.2) is 0 Å². The zero-order valence-electron chi connectivity index (χ0n) is 15.8. The average Bonchev–Trinajstić information content (AvgIpc) is 2.66. The number of fused-ring (bicyclic) bond motifs is 4. The van der Waals surface area contributed by atoms with Crippen LogP contribution in [0.15, 0.2) is 72.8 Å². The van der Waals surface area contributed by atoms with Gasteiger partial charge in [0.15, 0.2) is 11.5 Å². The minimum absolute atomic E-state index is 0.890. The lowest BCUT2D eigenvalue weighted by Gasteiger charge is -2.35. The summed E-state index contributed by atoms with van der Waals surface area (Å²) < 4.78 is 6.40. The molecule has 1 aliphatic heterocycles. The number of ether oxygens (including phenoxy) is 1. The minimum Gasteiger partial charge on any atom is -0.452 e. The summed E-state index contributed by atoms with van der Waals surface area (Å²) in [6.45, 7) is 6.53. The van der Waals surface area contributed by atoms with E-state index >= 15 is 0 Å². The lowest BCUT2D eigenvalue weighted by atomic mass is 10.00. The van der Waals surface area contributed by atoms with E-state index in [1.165, 1.54) is 27.8 Å². The molecule has 27 heavy (non-hydrogen) atoms. The number of rotatable bonds is 1. The second-order valence-electron chi connectivity index (χ2n) is 7.29. The van der Waals surface area contributed by atoms with Crippen molar-refractivity contribution in [2.24, 2.45) is 0 Å². The van der Waals surface area contributed by atoms with E-state index in [9.17, 15) is 0 Å². The van der Waals surface area contributed by atoms with Gasteiger partial charge in [-0.3, -0.25) is 0 Å². The number of aryl methyl sites for hydroxylation is 3. The SMILES string of the molecule is Cc1cc(C)c(N2c3ccccc3Oc3c2ccc2ccccc32)c(C)c1. The van der Waals surface area contributed by atoms with Crippen LogP contribution in [0.3, 0.4) is 0 Å². The van der Waals surface area contributed by atoms with Crippen molar-refractivity contribution in [3.63, 3.8) is 0 Å². The first-order valence-corrected chi connectivity index (χ1v) is 9.30. The number of nitrogens with zero attached hydrogens (tertiary/aromatic N) is 1. The average molecular weight is 351 g/mol. The Morgan fingerprint density at radius 1 is 0.704 bits per heavy atom. The maximum atomic E-state index is 6.40. The number of anilines is 3. The summed E-state index contributed by atoms with van der Waals surface area (Å²) in [6.07, 6.45) is 0. The number of hydrogen-bond donors (Lipinski definition) is 0. The molecule has 0 amide bonds. The van der Waals surface area contributed by atoms with Gasteiger partial charge in [0.25, 0.3) is 0 Å². The molecular formula is C25H21NO. The Morgan fingerprint density at radius 3 is 2.22 bits per heavy atom. The molecule has 0 spiro atoms. The molecule has 0 saturated carbocycles. The molecule has 2 heteroatoms. The largest absolute Gasteiger partial charge is 0.452 e. The van der Waals surface area contributed by atoms with Gasteiger partial charge in [-0.1, -0.05) is 60.2 Å². The first-order chi connectivity index (χ1) is 13.1. The van der Waals surface area contributed by atoms with Crippen LogP contribution >= 0.6 is 0 Å². The van der Waals surface area contributed by atoms with Gasteiger partial charge in [0.05, 0.1) is 17.1 Å². The molecule has 4 aromatic rings. The van der Waals surface area contributed by atoms with Crippen LogP contribution in [0.5, 0.6) is 11.5 Å². The van der Waals surface area contributed by atoms with Crippen LogP contribution in [0.4, 0.5) is 17.1 Å². The van der Waals surface area contributed by atoms with Crippen molar-refractivity contribution >= 4 is 27.8 Å². The molecule has 0 radical (unpaired) electrons. The molecule has 0 aromatic heterocycles. The Balaban J connectivity index is 1.86. The maximum absolute atomic E-state index is 6.40. The second-order valence-corrected chi connectivity index (χ2v) is 7.29. The van der Waals surface area contributed by atoms with Crippen LogP contribution in [-0.2, 0) is 0 Å². The van der Waals surface area contributed by atoms with E-state index in [-0.39, 0.29) is 0 Å². The van der Waals surface area contributed by atoms with Crippen LogP contribution < -0.4 is 9.64 Å². The lowest BCUT2D eigenvalue weighted by molar-refractivity contribution is 0.482. The monoisotopic (exact) mass is 351 g/mol. The molecule has 2 nitrogen and oxygen atoms in total. The smallest absolute Gasteiger partial charge is 0.159 e. The third kappa shape index (κ3) is 2.41. The van der Waals surface area contributed by atoms with Crippen LogP contribution in [0, 0.1) is 20.8 Å². The van der Waals surface area contributed by atoms with Crippen LogP contribution in [0.2, 0.25) is 0 Å². The van der Waals surface area contributed by atoms with Gasteiger partial charge < -0.3 is 9.64 Å². The molecule has 5 rings (SSSR count). The van der Waals surface area contributed by atoms with Gasteiger partial charge in [0.1, 0.15) is 0 Å². The summed E-state index contributed by atoms with van der Waals surface area (Å²) in [5, 5.41) is 2.32. The van der Waals surface area contributed by atoms with E-state index in [1.807, 2.05) is 12.1 Å². The molecular weight excluding hydrogens is 330 g/mol.